The Bertz CT molecular complexity index is 510. The third-order valence-corrected chi connectivity index (χ3v) is 2.96. The van der Waals surface area contributed by atoms with Crippen LogP contribution in [0.25, 0.3) is 0 Å². The van der Waals surface area contributed by atoms with Gasteiger partial charge in [-0.05, 0) is 6.92 Å². The number of esters is 1. The van der Waals surface area contributed by atoms with E-state index in [1.165, 1.54) is 0 Å². The zero-order valence-corrected chi connectivity index (χ0v) is 11.4. The molecule has 1 atom stereocenters. The van der Waals surface area contributed by atoms with Crippen molar-refractivity contribution in [2.45, 2.75) is 18.2 Å². The number of nitrogens with zero attached hydrogens (tertiary/aromatic N) is 1. The third-order valence-electron chi connectivity index (χ3n) is 2.26. The lowest BCUT2D eigenvalue weighted by Crippen LogP contribution is -2.21. The fraction of sp³-hybridized carbons (Fsp3) is 0.364. The van der Waals surface area contributed by atoms with Gasteiger partial charge >= 0.3 is 5.97 Å². The van der Waals surface area contributed by atoms with E-state index in [0.717, 1.165) is 0 Å². The number of alkyl halides is 1. The van der Waals surface area contributed by atoms with Gasteiger partial charge in [-0.1, -0.05) is 15.9 Å². The van der Waals surface area contributed by atoms with E-state index in [9.17, 15) is 23.7 Å². The van der Waals surface area contributed by atoms with Crippen LogP contribution >= 0.6 is 15.9 Å². The Hall–Kier alpha value is -1.57. The normalized spacial score (nSPS) is 12.0. The summed E-state index contributed by atoms with van der Waals surface area (Å²) in [5.41, 5.74) is -1.05. The third kappa shape index (κ3) is 3.95. The summed E-state index contributed by atoms with van der Waals surface area (Å²) in [6.45, 7) is 1.73. The van der Waals surface area contributed by atoms with Crippen LogP contribution in [0, 0.1) is 21.7 Å². The minimum Gasteiger partial charge on any atom is -0.465 e. The number of benzene rings is 1. The van der Waals surface area contributed by atoms with Crippen molar-refractivity contribution in [1.82, 2.24) is 0 Å². The SMILES string of the molecule is CCOC(=O)C(Br)Cc1c(F)cc(F)cc1[N+](=O)[O-]. The summed E-state index contributed by atoms with van der Waals surface area (Å²) in [4.78, 5) is 20.3. The summed E-state index contributed by atoms with van der Waals surface area (Å²) in [7, 11) is 0. The molecule has 19 heavy (non-hydrogen) atoms. The van der Waals surface area contributed by atoms with Crippen molar-refractivity contribution in [2.24, 2.45) is 0 Å². The van der Waals surface area contributed by atoms with Crippen molar-refractivity contribution >= 4 is 27.6 Å². The second-order valence-electron chi connectivity index (χ2n) is 3.57. The average molecular weight is 338 g/mol. The first-order valence-corrected chi connectivity index (χ1v) is 6.21. The fourth-order valence-electron chi connectivity index (χ4n) is 1.45. The molecule has 104 valence electrons. The smallest absolute Gasteiger partial charge is 0.320 e. The molecule has 0 saturated carbocycles. The summed E-state index contributed by atoms with van der Waals surface area (Å²) < 4.78 is 31.2. The molecule has 0 saturated heterocycles. The largest absolute Gasteiger partial charge is 0.465 e. The van der Waals surface area contributed by atoms with E-state index in [4.69, 9.17) is 0 Å². The first-order chi connectivity index (χ1) is 8.86. The zero-order chi connectivity index (χ0) is 14.6. The minimum atomic E-state index is -1.07. The molecule has 0 N–H and O–H groups in total. The quantitative estimate of drug-likeness (QED) is 0.358. The van der Waals surface area contributed by atoms with Crippen LogP contribution in [-0.2, 0) is 16.0 Å². The van der Waals surface area contributed by atoms with Crippen LogP contribution < -0.4 is 0 Å². The Morgan fingerprint density at radius 2 is 2.16 bits per heavy atom. The predicted molar refractivity (Wildman–Crippen MR) is 66.1 cm³/mol. The lowest BCUT2D eigenvalue weighted by molar-refractivity contribution is -0.385. The van der Waals surface area contributed by atoms with Crippen molar-refractivity contribution in [1.29, 1.82) is 0 Å². The molecule has 0 aromatic heterocycles. The molecule has 0 aliphatic heterocycles. The number of carbonyl (C=O) groups is 1. The second-order valence-corrected chi connectivity index (χ2v) is 4.67. The summed E-state index contributed by atoms with van der Waals surface area (Å²) in [6, 6.07) is 1.15. The van der Waals surface area contributed by atoms with Crippen LogP contribution in [-0.4, -0.2) is 22.3 Å². The number of carbonyl (C=O) groups excluding carboxylic acids is 1. The van der Waals surface area contributed by atoms with Crippen molar-refractivity contribution in [3.05, 3.63) is 39.4 Å². The molecule has 0 radical (unpaired) electrons. The predicted octanol–water partition coefficient (Wildman–Crippen LogP) is 2.74. The lowest BCUT2D eigenvalue weighted by Gasteiger charge is -2.10. The average Bonchev–Trinajstić information content (AvgIpc) is 2.32. The van der Waals surface area contributed by atoms with Crippen molar-refractivity contribution in [2.75, 3.05) is 6.61 Å². The first-order valence-electron chi connectivity index (χ1n) is 5.29. The molecule has 0 aliphatic rings. The number of halogens is 3. The highest BCUT2D eigenvalue weighted by Gasteiger charge is 2.26. The Morgan fingerprint density at radius 3 is 2.68 bits per heavy atom. The Kier molecular flexibility index (Phi) is 5.34. The van der Waals surface area contributed by atoms with E-state index in [-0.39, 0.29) is 18.6 Å². The molecular weight excluding hydrogens is 328 g/mol. The van der Waals surface area contributed by atoms with E-state index in [1.54, 1.807) is 6.92 Å². The zero-order valence-electron chi connectivity index (χ0n) is 9.86. The van der Waals surface area contributed by atoms with Gasteiger partial charge in [0.15, 0.2) is 0 Å². The van der Waals surface area contributed by atoms with Gasteiger partial charge in [0.05, 0.1) is 23.2 Å². The monoisotopic (exact) mass is 337 g/mol. The number of rotatable bonds is 5. The van der Waals surface area contributed by atoms with Gasteiger partial charge in [-0.15, -0.1) is 0 Å². The van der Waals surface area contributed by atoms with Crippen molar-refractivity contribution < 1.29 is 23.2 Å². The van der Waals surface area contributed by atoms with Crippen LogP contribution in [0.2, 0.25) is 0 Å². The highest BCUT2D eigenvalue weighted by Crippen LogP contribution is 2.26. The van der Waals surface area contributed by atoms with Crippen LogP contribution in [0.15, 0.2) is 12.1 Å². The van der Waals surface area contributed by atoms with Gasteiger partial charge < -0.3 is 4.74 Å². The molecule has 5 nitrogen and oxygen atoms in total. The number of hydrogen-bond donors (Lipinski definition) is 0. The molecule has 1 aromatic carbocycles. The van der Waals surface area contributed by atoms with Gasteiger partial charge in [-0.3, -0.25) is 14.9 Å². The Morgan fingerprint density at radius 1 is 1.53 bits per heavy atom. The van der Waals surface area contributed by atoms with E-state index in [1.807, 2.05) is 0 Å². The fourth-order valence-corrected chi connectivity index (χ4v) is 1.91. The molecular formula is C11H10BrF2NO4. The highest BCUT2D eigenvalue weighted by molar-refractivity contribution is 9.10. The molecule has 8 heteroatoms. The molecule has 1 unspecified atom stereocenters. The maximum Gasteiger partial charge on any atom is 0.320 e. The highest BCUT2D eigenvalue weighted by atomic mass is 79.9. The standard InChI is InChI=1S/C11H10BrF2NO4/c1-2-19-11(16)8(12)5-7-9(14)3-6(13)4-10(7)15(17)18/h3-4,8H,2,5H2,1H3. The molecule has 0 amide bonds. The van der Waals surface area contributed by atoms with Crippen LogP contribution in [0.1, 0.15) is 12.5 Å². The van der Waals surface area contributed by atoms with Gasteiger partial charge in [0.25, 0.3) is 5.69 Å². The number of ether oxygens (including phenoxy) is 1. The summed E-state index contributed by atoms with van der Waals surface area (Å²) in [6.07, 6.45) is -0.304. The Balaban J connectivity index is 3.06. The summed E-state index contributed by atoms with van der Waals surface area (Å²) in [5.74, 6) is -2.78. The van der Waals surface area contributed by atoms with Gasteiger partial charge in [0.2, 0.25) is 0 Å². The van der Waals surface area contributed by atoms with Gasteiger partial charge in [0.1, 0.15) is 16.5 Å². The van der Waals surface area contributed by atoms with Crippen LogP contribution in [0.3, 0.4) is 0 Å². The maximum absolute atomic E-state index is 13.6. The molecule has 0 fully saturated rings. The van der Waals surface area contributed by atoms with Gasteiger partial charge in [0, 0.05) is 12.5 Å². The Labute approximate surface area is 115 Å². The van der Waals surface area contributed by atoms with E-state index < -0.39 is 33.0 Å². The van der Waals surface area contributed by atoms with Gasteiger partial charge in [-0.25, -0.2) is 8.78 Å². The maximum atomic E-state index is 13.6. The topological polar surface area (TPSA) is 69.4 Å². The van der Waals surface area contributed by atoms with E-state index in [0.29, 0.717) is 12.1 Å². The molecule has 0 spiro atoms. The summed E-state index contributed by atoms with van der Waals surface area (Å²) in [5, 5.41) is 10.7. The van der Waals surface area contributed by atoms with E-state index in [2.05, 4.69) is 20.7 Å². The first kappa shape index (κ1) is 15.5. The minimum absolute atomic E-state index is 0.134. The van der Waals surface area contributed by atoms with Gasteiger partial charge in [-0.2, -0.15) is 0 Å². The number of hydrogen-bond acceptors (Lipinski definition) is 4. The van der Waals surface area contributed by atoms with Crippen LogP contribution in [0.5, 0.6) is 0 Å². The molecule has 0 heterocycles. The lowest BCUT2D eigenvalue weighted by atomic mass is 10.1. The molecule has 1 aromatic rings. The molecule has 1 rings (SSSR count). The van der Waals surface area contributed by atoms with Crippen LogP contribution in [0.4, 0.5) is 14.5 Å². The molecule has 0 bridgehead atoms. The summed E-state index contributed by atoms with van der Waals surface area (Å²) >= 11 is 2.96. The van der Waals surface area contributed by atoms with Crippen molar-refractivity contribution in [3.8, 4) is 0 Å². The van der Waals surface area contributed by atoms with E-state index >= 15 is 0 Å². The molecule has 0 aliphatic carbocycles. The van der Waals surface area contributed by atoms with Crippen molar-refractivity contribution in [3.63, 3.8) is 0 Å². The number of nitro benzene ring substituents is 1. The second kappa shape index (κ2) is 6.55. The number of nitro groups is 1.